The molecule has 0 aromatic rings. The van der Waals surface area contributed by atoms with Crippen LogP contribution < -0.4 is 5.32 Å². The van der Waals surface area contributed by atoms with E-state index in [-0.39, 0.29) is 0 Å². The molecular weight excluding hydrogens is 172 g/mol. The second-order valence-electron chi connectivity index (χ2n) is 3.01. The van der Waals surface area contributed by atoms with Crippen LogP contribution in [-0.2, 0) is 0 Å². The Labute approximate surface area is 90.2 Å². The van der Waals surface area contributed by atoms with Crippen LogP contribution in [-0.4, -0.2) is 19.4 Å². The molecule has 0 rings (SSSR count). The molecule has 0 bridgehead atoms. The predicted octanol–water partition coefficient (Wildman–Crippen LogP) is 3.62. The number of hydrogen-bond acceptors (Lipinski definition) is 1. The Bertz CT molecular complexity index is 119. The van der Waals surface area contributed by atoms with Gasteiger partial charge in [-0.25, -0.2) is 0 Å². The van der Waals surface area contributed by atoms with Gasteiger partial charge < -0.3 is 5.32 Å². The molecule has 0 aliphatic rings. The number of amidine groups is 1. The first-order valence-electron chi connectivity index (χ1n) is 6.04. The molecule has 0 saturated carbocycles. The summed E-state index contributed by atoms with van der Waals surface area (Å²) in [6.07, 6.45) is 6.29. The molecule has 0 aromatic carbocycles. The van der Waals surface area contributed by atoms with Crippen molar-refractivity contribution in [2.75, 3.05) is 13.6 Å². The summed E-state index contributed by atoms with van der Waals surface area (Å²) in [5, 5.41) is 3.33. The number of nitrogens with one attached hydrogen (secondary N) is 1. The van der Waals surface area contributed by atoms with Crippen molar-refractivity contribution in [2.24, 2.45) is 4.99 Å². The van der Waals surface area contributed by atoms with Crippen molar-refractivity contribution in [3.05, 3.63) is 0 Å². The molecular formula is C12H28N2. The first kappa shape index (κ1) is 15.9. The quantitative estimate of drug-likeness (QED) is 0.395. The molecule has 0 radical (unpaired) electrons. The standard InChI is InChI=1S/C10H22N2.C2H6/c1-4-6-7-8-9-12-10(5-2)11-3;1-2/h4-9H2,1-3H3,(H,11,12);1-2H3. The number of aliphatic imine (C=N–C) groups is 1. The van der Waals surface area contributed by atoms with Crippen molar-refractivity contribution in [3.63, 3.8) is 0 Å². The van der Waals surface area contributed by atoms with Crippen molar-refractivity contribution in [1.82, 2.24) is 5.32 Å². The summed E-state index contributed by atoms with van der Waals surface area (Å²) < 4.78 is 0. The molecule has 86 valence electrons. The highest BCUT2D eigenvalue weighted by atomic mass is 15.0. The largest absolute Gasteiger partial charge is 0.374 e. The van der Waals surface area contributed by atoms with Crippen LogP contribution in [0.15, 0.2) is 4.99 Å². The molecule has 0 aliphatic carbocycles. The lowest BCUT2D eigenvalue weighted by atomic mass is 10.2. The SMILES string of the molecule is CC.CCCCCCNC(CC)=NC. The van der Waals surface area contributed by atoms with Gasteiger partial charge in [-0.1, -0.05) is 47.0 Å². The fourth-order valence-corrected chi connectivity index (χ4v) is 1.15. The molecule has 0 heterocycles. The summed E-state index contributed by atoms with van der Waals surface area (Å²) in [7, 11) is 1.85. The average molecular weight is 200 g/mol. The topological polar surface area (TPSA) is 24.4 Å². The molecule has 2 nitrogen and oxygen atoms in total. The van der Waals surface area contributed by atoms with Crippen molar-refractivity contribution >= 4 is 5.84 Å². The fraction of sp³-hybridized carbons (Fsp3) is 0.917. The molecule has 0 fully saturated rings. The third-order valence-corrected chi connectivity index (χ3v) is 1.96. The van der Waals surface area contributed by atoms with Crippen LogP contribution >= 0.6 is 0 Å². The van der Waals surface area contributed by atoms with Gasteiger partial charge in [0, 0.05) is 20.0 Å². The van der Waals surface area contributed by atoms with E-state index in [0.717, 1.165) is 18.8 Å². The maximum atomic E-state index is 4.13. The summed E-state index contributed by atoms with van der Waals surface area (Å²) >= 11 is 0. The van der Waals surface area contributed by atoms with Crippen LogP contribution in [0.1, 0.15) is 59.8 Å². The molecule has 1 N–H and O–H groups in total. The molecule has 0 unspecified atom stereocenters. The van der Waals surface area contributed by atoms with Gasteiger partial charge in [0.1, 0.15) is 0 Å². The smallest absolute Gasteiger partial charge is 0.0956 e. The zero-order valence-electron chi connectivity index (χ0n) is 10.7. The second kappa shape index (κ2) is 15.0. The van der Waals surface area contributed by atoms with Crippen LogP contribution in [0.5, 0.6) is 0 Å². The predicted molar refractivity (Wildman–Crippen MR) is 67.1 cm³/mol. The summed E-state index contributed by atoms with van der Waals surface area (Å²) in [6.45, 7) is 9.44. The van der Waals surface area contributed by atoms with Crippen LogP contribution in [0, 0.1) is 0 Å². The minimum absolute atomic E-state index is 1.02. The number of rotatable bonds is 6. The van der Waals surface area contributed by atoms with Crippen LogP contribution in [0.2, 0.25) is 0 Å². The van der Waals surface area contributed by atoms with Crippen LogP contribution in [0.4, 0.5) is 0 Å². The lowest BCUT2D eigenvalue weighted by molar-refractivity contribution is 0.652. The monoisotopic (exact) mass is 200 g/mol. The third-order valence-electron chi connectivity index (χ3n) is 1.96. The van der Waals surface area contributed by atoms with E-state index < -0.39 is 0 Å². The van der Waals surface area contributed by atoms with Gasteiger partial charge in [-0.15, -0.1) is 0 Å². The van der Waals surface area contributed by atoms with E-state index in [1.807, 2.05) is 20.9 Å². The van der Waals surface area contributed by atoms with Crippen LogP contribution in [0.3, 0.4) is 0 Å². The molecule has 0 spiro atoms. The summed E-state index contributed by atoms with van der Waals surface area (Å²) in [6, 6.07) is 0. The minimum Gasteiger partial charge on any atom is -0.374 e. The van der Waals surface area contributed by atoms with Gasteiger partial charge in [-0.05, 0) is 6.42 Å². The molecule has 0 atom stereocenters. The van der Waals surface area contributed by atoms with E-state index in [2.05, 4.69) is 24.2 Å². The summed E-state index contributed by atoms with van der Waals surface area (Å²) in [5.41, 5.74) is 0. The van der Waals surface area contributed by atoms with E-state index in [1.54, 1.807) is 0 Å². The first-order valence-corrected chi connectivity index (χ1v) is 6.04. The van der Waals surface area contributed by atoms with Crippen molar-refractivity contribution < 1.29 is 0 Å². The number of unbranched alkanes of at least 4 members (excludes halogenated alkanes) is 3. The molecule has 0 aromatic heterocycles. The van der Waals surface area contributed by atoms with Gasteiger partial charge in [-0.3, -0.25) is 4.99 Å². The van der Waals surface area contributed by atoms with Gasteiger partial charge in [-0.2, -0.15) is 0 Å². The fourth-order valence-electron chi connectivity index (χ4n) is 1.15. The Hall–Kier alpha value is -0.530. The normalized spacial score (nSPS) is 10.5. The van der Waals surface area contributed by atoms with Gasteiger partial charge in [0.2, 0.25) is 0 Å². The maximum absolute atomic E-state index is 4.13. The Morgan fingerprint density at radius 1 is 1.07 bits per heavy atom. The lowest BCUT2D eigenvalue weighted by Gasteiger charge is -2.06. The van der Waals surface area contributed by atoms with E-state index >= 15 is 0 Å². The highest BCUT2D eigenvalue weighted by Crippen LogP contribution is 1.97. The highest BCUT2D eigenvalue weighted by molar-refractivity contribution is 5.81. The maximum Gasteiger partial charge on any atom is 0.0956 e. The molecule has 14 heavy (non-hydrogen) atoms. The first-order chi connectivity index (χ1) is 6.85. The van der Waals surface area contributed by atoms with Crippen molar-refractivity contribution in [3.8, 4) is 0 Å². The number of hydrogen-bond donors (Lipinski definition) is 1. The Morgan fingerprint density at radius 2 is 1.71 bits per heavy atom. The second-order valence-corrected chi connectivity index (χ2v) is 3.01. The Kier molecular flexibility index (Phi) is 17.0. The molecule has 0 saturated heterocycles. The van der Waals surface area contributed by atoms with Gasteiger partial charge in [0.25, 0.3) is 0 Å². The van der Waals surface area contributed by atoms with Crippen molar-refractivity contribution in [1.29, 1.82) is 0 Å². The zero-order chi connectivity index (χ0) is 11.2. The van der Waals surface area contributed by atoms with E-state index in [1.165, 1.54) is 25.7 Å². The van der Waals surface area contributed by atoms with Crippen LogP contribution in [0.25, 0.3) is 0 Å². The van der Waals surface area contributed by atoms with E-state index in [4.69, 9.17) is 0 Å². The third kappa shape index (κ3) is 11.5. The zero-order valence-corrected chi connectivity index (χ0v) is 10.7. The Morgan fingerprint density at radius 3 is 2.14 bits per heavy atom. The van der Waals surface area contributed by atoms with Crippen molar-refractivity contribution in [2.45, 2.75) is 59.8 Å². The van der Waals surface area contributed by atoms with Gasteiger partial charge in [0.05, 0.1) is 5.84 Å². The minimum atomic E-state index is 1.02. The Balaban J connectivity index is 0. The van der Waals surface area contributed by atoms with E-state index in [9.17, 15) is 0 Å². The average Bonchev–Trinajstić information content (AvgIpc) is 2.26. The van der Waals surface area contributed by atoms with Gasteiger partial charge >= 0.3 is 0 Å². The lowest BCUT2D eigenvalue weighted by Crippen LogP contribution is -2.23. The number of nitrogens with zero attached hydrogens (tertiary/aromatic N) is 1. The van der Waals surface area contributed by atoms with Gasteiger partial charge in [0.15, 0.2) is 0 Å². The highest BCUT2D eigenvalue weighted by Gasteiger charge is 1.92. The van der Waals surface area contributed by atoms with E-state index in [0.29, 0.717) is 0 Å². The molecule has 0 amide bonds. The summed E-state index contributed by atoms with van der Waals surface area (Å²) in [5.74, 6) is 1.13. The summed E-state index contributed by atoms with van der Waals surface area (Å²) in [4.78, 5) is 4.13. The molecule has 2 heteroatoms. The molecule has 0 aliphatic heterocycles.